The summed E-state index contributed by atoms with van der Waals surface area (Å²) < 4.78 is 0. The second-order valence-electron chi connectivity index (χ2n) is 11.8. The molecule has 218 valence electrons. The lowest BCUT2D eigenvalue weighted by molar-refractivity contribution is 0.103. The van der Waals surface area contributed by atoms with Crippen LogP contribution in [-0.4, -0.2) is 21.5 Å². The van der Waals surface area contributed by atoms with Gasteiger partial charge in [0.2, 0.25) is 11.6 Å². The second kappa shape index (κ2) is 10.6. The van der Waals surface area contributed by atoms with Gasteiger partial charge < -0.3 is 11.5 Å². The van der Waals surface area contributed by atoms with Gasteiger partial charge in [0.05, 0.1) is 11.4 Å². The second-order valence-corrected chi connectivity index (χ2v) is 13.8. The van der Waals surface area contributed by atoms with E-state index in [1.165, 1.54) is 46.6 Å². The number of thiophene rings is 2. The van der Waals surface area contributed by atoms with E-state index in [0.29, 0.717) is 32.3 Å². The van der Waals surface area contributed by atoms with E-state index in [1.54, 1.807) is 0 Å². The van der Waals surface area contributed by atoms with Crippen LogP contribution >= 0.6 is 22.7 Å². The van der Waals surface area contributed by atoms with Crippen LogP contribution in [0.1, 0.15) is 78.7 Å². The van der Waals surface area contributed by atoms with Crippen LogP contribution in [-0.2, 0) is 25.7 Å². The number of anilines is 2. The first-order chi connectivity index (χ1) is 21.4. The third-order valence-corrected chi connectivity index (χ3v) is 11.3. The average Bonchev–Trinajstić information content (AvgIpc) is 3.57. The zero-order valence-corrected chi connectivity index (χ0v) is 25.7. The number of carbonyl (C=O) groups excluding carboxylic acids is 2. The summed E-state index contributed by atoms with van der Waals surface area (Å²) in [5.74, 6) is -0.181. The van der Waals surface area contributed by atoms with E-state index >= 15 is 0 Å². The van der Waals surface area contributed by atoms with Crippen LogP contribution in [0.2, 0.25) is 0 Å². The molecule has 0 saturated heterocycles. The van der Waals surface area contributed by atoms with Crippen LogP contribution < -0.4 is 11.5 Å². The molecular formula is C36H30N4O2S2. The van der Waals surface area contributed by atoms with Crippen molar-refractivity contribution in [3.05, 3.63) is 104 Å². The van der Waals surface area contributed by atoms with Crippen molar-refractivity contribution in [1.82, 2.24) is 9.97 Å². The molecule has 4 N–H and O–H groups in total. The lowest BCUT2D eigenvalue weighted by Crippen LogP contribution is -2.05. The molecular weight excluding hydrogens is 585 g/mol. The minimum absolute atomic E-state index is 0.0905. The van der Waals surface area contributed by atoms with Crippen molar-refractivity contribution in [3.63, 3.8) is 0 Å². The lowest BCUT2D eigenvalue weighted by Gasteiger charge is -2.14. The maximum absolute atomic E-state index is 13.5. The van der Waals surface area contributed by atoms with Crippen LogP contribution in [0.3, 0.4) is 0 Å². The number of carbonyl (C=O) groups is 2. The van der Waals surface area contributed by atoms with Crippen molar-refractivity contribution < 1.29 is 9.59 Å². The van der Waals surface area contributed by atoms with Gasteiger partial charge in [-0.25, -0.2) is 9.97 Å². The molecule has 6 nitrogen and oxygen atoms in total. The predicted octanol–water partition coefficient (Wildman–Crippen LogP) is 7.96. The lowest BCUT2D eigenvalue weighted by atomic mass is 9.95. The number of nitrogen functional groups attached to an aromatic ring is 2. The quantitative estimate of drug-likeness (QED) is 0.191. The number of aryl methyl sites for hydroxylation is 4. The molecule has 0 fully saturated rings. The van der Waals surface area contributed by atoms with Crippen molar-refractivity contribution >= 4 is 66.0 Å². The van der Waals surface area contributed by atoms with E-state index in [2.05, 4.69) is 12.1 Å². The SMILES string of the molecule is Nc1c(C(=O)c2ccc(-c3ccc(C(=O)c4sc5nc6c(cc5c4N)CCCC6)cc3)cc2)sc2nc3c(cc12)CCCC3. The summed E-state index contributed by atoms with van der Waals surface area (Å²) in [7, 11) is 0. The molecule has 6 aromatic rings. The Morgan fingerprint density at radius 3 is 1.36 bits per heavy atom. The molecule has 0 aliphatic heterocycles. The monoisotopic (exact) mass is 614 g/mol. The average molecular weight is 615 g/mol. The largest absolute Gasteiger partial charge is 0.397 e. The van der Waals surface area contributed by atoms with E-state index in [0.717, 1.165) is 81.5 Å². The number of aromatic nitrogens is 2. The first-order valence-electron chi connectivity index (χ1n) is 15.2. The molecule has 4 heterocycles. The Morgan fingerprint density at radius 2 is 0.955 bits per heavy atom. The highest BCUT2D eigenvalue weighted by Crippen LogP contribution is 2.38. The van der Waals surface area contributed by atoms with Gasteiger partial charge in [0.1, 0.15) is 19.4 Å². The molecule has 0 unspecified atom stereocenters. The first-order valence-corrected chi connectivity index (χ1v) is 16.8. The molecule has 2 aliphatic carbocycles. The Hall–Kier alpha value is -4.40. The number of hydrogen-bond acceptors (Lipinski definition) is 8. The number of hydrogen-bond donors (Lipinski definition) is 2. The van der Waals surface area contributed by atoms with Gasteiger partial charge in [-0.2, -0.15) is 0 Å². The molecule has 0 atom stereocenters. The summed E-state index contributed by atoms with van der Waals surface area (Å²) >= 11 is 2.76. The van der Waals surface area contributed by atoms with Crippen LogP contribution in [0.5, 0.6) is 0 Å². The predicted molar refractivity (Wildman–Crippen MR) is 180 cm³/mol. The highest BCUT2D eigenvalue weighted by Gasteiger charge is 2.23. The van der Waals surface area contributed by atoms with Gasteiger partial charge in [-0.3, -0.25) is 9.59 Å². The Bertz CT molecular complexity index is 1970. The van der Waals surface area contributed by atoms with Gasteiger partial charge in [0.25, 0.3) is 0 Å². The molecule has 2 aromatic carbocycles. The third kappa shape index (κ3) is 4.52. The van der Waals surface area contributed by atoms with E-state index in [1.807, 2.05) is 48.5 Å². The highest BCUT2D eigenvalue weighted by molar-refractivity contribution is 7.21. The molecule has 0 radical (unpaired) electrons. The van der Waals surface area contributed by atoms with Crippen LogP contribution in [0.25, 0.3) is 31.6 Å². The highest BCUT2D eigenvalue weighted by atomic mass is 32.1. The number of fused-ring (bicyclic) bond motifs is 4. The summed E-state index contributed by atoms with van der Waals surface area (Å²) in [6.45, 7) is 0. The molecule has 0 bridgehead atoms. The molecule has 44 heavy (non-hydrogen) atoms. The number of rotatable bonds is 5. The van der Waals surface area contributed by atoms with Crippen molar-refractivity contribution in [2.75, 3.05) is 11.5 Å². The summed E-state index contributed by atoms with van der Waals surface area (Å²) in [5.41, 5.74) is 21.9. The number of benzene rings is 2. The summed E-state index contributed by atoms with van der Waals surface area (Å²) in [6, 6.07) is 19.3. The smallest absolute Gasteiger partial charge is 0.205 e. The van der Waals surface area contributed by atoms with Gasteiger partial charge in [-0.15, -0.1) is 22.7 Å². The Balaban J connectivity index is 1.03. The molecule has 0 saturated carbocycles. The first kappa shape index (κ1) is 27.2. The molecule has 8 rings (SSSR count). The van der Waals surface area contributed by atoms with Gasteiger partial charge in [0.15, 0.2) is 0 Å². The van der Waals surface area contributed by atoms with Gasteiger partial charge in [-0.05, 0) is 85.8 Å². The number of pyridine rings is 2. The summed E-state index contributed by atoms with van der Waals surface area (Å²) in [5, 5.41) is 1.77. The van der Waals surface area contributed by atoms with E-state index in [-0.39, 0.29) is 11.6 Å². The fourth-order valence-corrected chi connectivity index (χ4v) is 8.66. The fourth-order valence-electron chi connectivity index (χ4n) is 6.55. The maximum Gasteiger partial charge on any atom is 0.205 e. The zero-order chi connectivity index (χ0) is 29.9. The summed E-state index contributed by atoms with van der Waals surface area (Å²) in [6.07, 6.45) is 8.66. The maximum atomic E-state index is 13.5. The molecule has 0 amide bonds. The van der Waals surface area contributed by atoms with E-state index in [9.17, 15) is 9.59 Å². The zero-order valence-electron chi connectivity index (χ0n) is 24.1. The molecule has 2 aliphatic rings. The Morgan fingerprint density at radius 1 is 0.568 bits per heavy atom. The number of ketones is 2. The Kier molecular flexibility index (Phi) is 6.57. The van der Waals surface area contributed by atoms with Crippen LogP contribution in [0.4, 0.5) is 11.4 Å². The number of nitrogens with two attached hydrogens (primary N) is 2. The number of nitrogens with zero attached hydrogens (tertiary/aromatic N) is 2. The minimum Gasteiger partial charge on any atom is -0.397 e. The third-order valence-electron chi connectivity index (χ3n) is 9.04. The fraction of sp³-hybridized carbons (Fsp3) is 0.222. The minimum atomic E-state index is -0.0905. The topological polar surface area (TPSA) is 112 Å². The van der Waals surface area contributed by atoms with Crippen molar-refractivity contribution in [2.45, 2.75) is 51.4 Å². The standard InChI is InChI=1S/C36H30N4O2S2/c37-29-25-17-23-5-1-3-7-27(23)39-35(25)43-33(29)31(41)21-13-9-19(10-14-21)20-11-15-22(16-12-20)32(42)34-30(38)26-18-24-6-2-4-8-28(24)40-36(26)44-34/h9-18H,1-8,37-38H2. The molecule has 0 spiro atoms. The molecule has 4 aromatic heterocycles. The molecule has 8 heteroatoms. The summed E-state index contributed by atoms with van der Waals surface area (Å²) in [4.78, 5) is 39.4. The van der Waals surface area contributed by atoms with Gasteiger partial charge in [0, 0.05) is 33.3 Å². The van der Waals surface area contributed by atoms with Crippen molar-refractivity contribution in [2.24, 2.45) is 0 Å². The van der Waals surface area contributed by atoms with Crippen LogP contribution in [0, 0.1) is 0 Å². The van der Waals surface area contributed by atoms with Crippen LogP contribution in [0.15, 0.2) is 60.7 Å². The van der Waals surface area contributed by atoms with Gasteiger partial charge >= 0.3 is 0 Å². The van der Waals surface area contributed by atoms with E-state index in [4.69, 9.17) is 21.4 Å². The Labute approximate surface area is 262 Å². The normalized spacial score (nSPS) is 14.5. The van der Waals surface area contributed by atoms with Crippen molar-refractivity contribution in [3.8, 4) is 11.1 Å². The van der Waals surface area contributed by atoms with E-state index < -0.39 is 0 Å². The van der Waals surface area contributed by atoms with Gasteiger partial charge in [-0.1, -0.05) is 48.5 Å². The van der Waals surface area contributed by atoms with Crippen molar-refractivity contribution in [1.29, 1.82) is 0 Å².